The fourth-order valence-corrected chi connectivity index (χ4v) is 1.70. The van der Waals surface area contributed by atoms with Crippen LogP contribution in [0, 0.1) is 3.57 Å². The van der Waals surface area contributed by atoms with Gasteiger partial charge in [0.05, 0.1) is 0 Å². The molecule has 0 fully saturated rings. The molecule has 0 spiro atoms. The second-order valence-corrected chi connectivity index (χ2v) is 4.68. The van der Waals surface area contributed by atoms with Gasteiger partial charge in [-0.3, -0.25) is 0 Å². The van der Waals surface area contributed by atoms with Gasteiger partial charge in [0.15, 0.2) is 0 Å². The average molecular weight is 341 g/mol. The van der Waals surface area contributed by atoms with Crippen LogP contribution in [0.2, 0.25) is 0 Å². The van der Waals surface area contributed by atoms with Crippen molar-refractivity contribution in [1.82, 2.24) is 4.98 Å². The quantitative estimate of drug-likeness (QED) is 0.510. The topological polar surface area (TPSA) is 60.2 Å². The number of nitrogen functional groups attached to an aromatic ring is 1. The lowest BCUT2D eigenvalue weighted by atomic mass is 10.3. The monoisotopic (exact) mass is 341 g/mol. The van der Waals surface area contributed by atoms with Crippen LogP contribution in [0.4, 0.5) is 5.82 Å². The van der Waals surface area contributed by atoms with Gasteiger partial charge in [-0.25, -0.2) is 10.8 Å². The van der Waals surface area contributed by atoms with Crippen molar-refractivity contribution in [2.45, 2.75) is 6.61 Å². The fraction of sp³-hybridized carbons (Fsp3) is 0.0833. The molecule has 0 saturated heterocycles. The van der Waals surface area contributed by atoms with E-state index >= 15 is 0 Å². The third kappa shape index (κ3) is 3.57. The molecule has 0 radical (unpaired) electrons. The van der Waals surface area contributed by atoms with Gasteiger partial charge in [-0.2, -0.15) is 0 Å². The molecule has 1 aromatic heterocycles. The van der Waals surface area contributed by atoms with Crippen molar-refractivity contribution in [3.8, 4) is 5.75 Å². The second kappa shape index (κ2) is 5.83. The number of ether oxygens (including phenoxy) is 1. The van der Waals surface area contributed by atoms with Gasteiger partial charge < -0.3 is 10.2 Å². The first-order chi connectivity index (χ1) is 8.28. The molecule has 0 atom stereocenters. The van der Waals surface area contributed by atoms with Crippen LogP contribution < -0.4 is 16.0 Å². The maximum atomic E-state index is 5.65. The summed E-state index contributed by atoms with van der Waals surface area (Å²) in [5.74, 6) is 6.77. The number of hydrogen-bond acceptors (Lipinski definition) is 4. The summed E-state index contributed by atoms with van der Waals surface area (Å²) in [4.78, 5) is 4.03. The molecule has 2 aromatic rings. The third-order valence-electron chi connectivity index (χ3n) is 2.19. The largest absolute Gasteiger partial charge is 0.489 e. The number of rotatable bonds is 4. The van der Waals surface area contributed by atoms with E-state index in [-0.39, 0.29) is 0 Å². The highest BCUT2D eigenvalue weighted by Gasteiger charge is 1.98. The van der Waals surface area contributed by atoms with Gasteiger partial charge in [0, 0.05) is 9.77 Å². The number of nitrogens with two attached hydrogens (primary N) is 1. The lowest BCUT2D eigenvalue weighted by Crippen LogP contribution is -2.09. The molecule has 0 aliphatic carbocycles. The first-order valence-corrected chi connectivity index (χ1v) is 6.16. The molecule has 0 amide bonds. The predicted molar refractivity (Wildman–Crippen MR) is 75.5 cm³/mol. The molecule has 4 nitrogen and oxygen atoms in total. The highest BCUT2D eigenvalue weighted by atomic mass is 127. The van der Waals surface area contributed by atoms with Crippen molar-refractivity contribution < 1.29 is 4.74 Å². The van der Waals surface area contributed by atoms with E-state index in [1.54, 1.807) is 6.20 Å². The lowest BCUT2D eigenvalue weighted by Gasteiger charge is -2.07. The van der Waals surface area contributed by atoms with Crippen LogP contribution in [0.25, 0.3) is 0 Å². The minimum Gasteiger partial charge on any atom is -0.489 e. The average Bonchev–Trinajstić information content (AvgIpc) is 2.38. The lowest BCUT2D eigenvalue weighted by molar-refractivity contribution is 0.306. The molecule has 0 aliphatic rings. The SMILES string of the molecule is NNc1cc(COc2ccc(I)cc2)ccn1. The molecule has 0 unspecified atom stereocenters. The number of anilines is 1. The summed E-state index contributed by atoms with van der Waals surface area (Å²) in [7, 11) is 0. The fourth-order valence-electron chi connectivity index (χ4n) is 1.34. The summed E-state index contributed by atoms with van der Waals surface area (Å²) in [6, 6.07) is 11.7. The molecule has 0 bridgehead atoms. The van der Waals surface area contributed by atoms with Crippen LogP contribution in [-0.4, -0.2) is 4.98 Å². The summed E-state index contributed by atoms with van der Waals surface area (Å²) < 4.78 is 6.84. The Balaban J connectivity index is 1.99. The van der Waals surface area contributed by atoms with Crippen LogP contribution in [0.1, 0.15) is 5.56 Å². The molecular formula is C12H12IN3O. The molecule has 1 heterocycles. The Morgan fingerprint density at radius 1 is 1.24 bits per heavy atom. The Bertz CT molecular complexity index is 487. The van der Waals surface area contributed by atoms with E-state index in [1.165, 1.54) is 3.57 Å². The molecule has 88 valence electrons. The minimum absolute atomic E-state index is 0.498. The highest BCUT2D eigenvalue weighted by molar-refractivity contribution is 14.1. The molecule has 17 heavy (non-hydrogen) atoms. The van der Waals surface area contributed by atoms with E-state index in [9.17, 15) is 0 Å². The maximum Gasteiger partial charge on any atom is 0.140 e. The van der Waals surface area contributed by atoms with Crippen LogP contribution in [0.5, 0.6) is 5.75 Å². The van der Waals surface area contributed by atoms with Gasteiger partial charge >= 0.3 is 0 Å². The van der Waals surface area contributed by atoms with E-state index in [1.807, 2.05) is 36.4 Å². The normalized spacial score (nSPS) is 10.0. The Morgan fingerprint density at radius 2 is 2.00 bits per heavy atom. The number of hydrogen-bond donors (Lipinski definition) is 2. The molecule has 1 aromatic carbocycles. The Morgan fingerprint density at radius 3 is 2.71 bits per heavy atom. The van der Waals surface area contributed by atoms with Crippen LogP contribution in [0.15, 0.2) is 42.6 Å². The van der Waals surface area contributed by atoms with Crippen molar-refractivity contribution in [2.24, 2.45) is 5.84 Å². The van der Waals surface area contributed by atoms with Gasteiger partial charge in [-0.1, -0.05) is 0 Å². The summed E-state index contributed by atoms with van der Waals surface area (Å²) in [5.41, 5.74) is 3.53. The summed E-state index contributed by atoms with van der Waals surface area (Å²) in [6.07, 6.45) is 1.70. The highest BCUT2D eigenvalue weighted by Crippen LogP contribution is 2.15. The van der Waals surface area contributed by atoms with Gasteiger partial charge in [0.2, 0.25) is 0 Å². The van der Waals surface area contributed by atoms with Crippen LogP contribution in [0.3, 0.4) is 0 Å². The Kier molecular flexibility index (Phi) is 4.16. The van der Waals surface area contributed by atoms with Crippen molar-refractivity contribution in [1.29, 1.82) is 0 Å². The van der Waals surface area contributed by atoms with E-state index in [0.29, 0.717) is 12.4 Å². The molecule has 0 aliphatic heterocycles. The number of halogens is 1. The zero-order valence-corrected chi connectivity index (χ0v) is 11.2. The van der Waals surface area contributed by atoms with Crippen molar-refractivity contribution in [3.05, 3.63) is 51.7 Å². The van der Waals surface area contributed by atoms with Gasteiger partial charge in [0.1, 0.15) is 18.2 Å². The molecule has 0 saturated carbocycles. The van der Waals surface area contributed by atoms with Gasteiger partial charge in [-0.15, -0.1) is 0 Å². The molecule has 2 rings (SSSR count). The van der Waals surface area contributed by atoms with Crippen molar-refractivity contribution in [3.63, 3.8) is 0 Å². The minimum atomic E-state index is 0.498. The Labute approximate surface area is 113 Å². The van der Waals surface area contributed by atoms with Crippen LogP contribution in [-0.2, 0) is 6.61 Å². The Hall–Kier alpha value is -1.34. The number of pyridine rings is 1. The predicted octanol–water partition coefficient (Wildman–Crippen LogP) is 2.55. The first-order valence-electron chi connectivity index (χ1n) is 5.08. The summed E-state index contributed by atoms with van der Waals surface area (Å²) in [5, 5.41) is 0. The second-order valence-electron chi connectivity index (χ2n) is 3.44. The maximum absolute atomic E-state index is 5.65. The van der Waals surface area contributed by atoms with E-state index in [4.69, 9.17) is 10.6 Å². The summed E-state index contributed by atoms with van der Waals surface area (Å²) in [6.45, 7) is 0.498. The number of nitrogens with zero attached hydrogens (tertiary/aromatic N) is 1. The van der Waals surface area contributed by atoms with E-state index in [2.05, 4.69) is 33.0 Å². The van der Waals surface area contributed by atoms with E-state index < -0.39 is 0 Å². The smallest absolute Gasteiger partial charge is 0.140 e. The van der Waals surface area contributed by atoms with Crippen molar-refractivity contribution >= 4 is 28.4 Å². The van der Waals surface area contributed by atoms with Crippen LogP contribution >= 0.6 is 22.6 Å². The zero-order chi connectivity index (χ0) is 12.1. The number of hydrazine groups is 1. The molecular weight excluding hydrogens is 329 g/mol. The number of aromatic nitrogens is 1. The number of nitrogens with one attached hydrogen (secondary N) is 1. The first kappa shape index (κ1) is 12.1. The number of benzene rings is 1. The van der Waals surface area contributed by atoms with Crippen molar-refractivity contribution in [2.75, 3.05) is 5.43 Å². The standard InChI is InChI=1S/C12H12IN3O/c13-10-1-3-11(4-2-10)17-8-9-5-6-15-12(7-9)16-14/h1-7H,8,14H2,(H,15,16). The molecule has 5 heteroatoms. The zero-order valence-electron chi connectivity index (χ0n) is 9.06. The van der Waals surface area contributed by atoms with Gasteiger partial charge in [-0.05, 0) is 64.6 Å². The summed E-state index contributed by atoms with van der Waals surface area (Å²) >= 11 is 2.26. The molecule has 3 N–H and O–H groups in total. The van der Waals surface area contributed by atoms with Gasteiger partial charge in [0.25, 0.3) is 0 Å². The third-order valence-corrected chi connectivity index (χ3v) is 2.91. The van der Waals surface area contributed by atoms with E-state index in [0.717, 1.165) is 11.3 Å².